The van der Waals surface area contributed by atoms with Crippen LogP contribution in [0.4, 0.5) is 5.69 Å². The van der Waals surface area contributed by atoms with Gasteiger partial charge >= 0.3 is 0 Å². The third-order valence-corrected chi connectivity index (χ3v) is 0.746. The van der Waals surface area contributed by atoms with Gasteiger partial charge in [0.25, 0.3) is 0 Å². The van der Waals surface area contributed by atoms with Gasteiger partial charge in [-0.05, 0) is 6.07 Å². The molecule has 0 amide bonds. The Labute approximate surface area is 46.0 Å². The lowest BCUT2D eigenvalue weighted by atomic mass is 10.9. The number of nitrogens with two attached hydrogens (primary N) is 2. The molecule has 0 heterocycles. The molecule has 0 bridgehead atoms. The number of guanidine groups is 1. The molecule has 0 aliphatic carbocycles. The van der Waals surface area contributed by atoms with Crippen molar-refractivity contribution in [3.05, 3.63) is 11.4 Å². The molecule has 42 valence electrons. The van der Waals surface area contributed by atoms with E-state index in [2.05, 4.69) is 4.99 Å². The highest BCUT2D eigenvalue weighted by molar-refractivity contribution is 5.76. The molecule has 0 fully saturated rings. The van der Waals surface area contributed by atoms with Gasteiger partial charge in [-0.1, -0.05) is 0 Å². The molecule has 1 aromatic rings. The lowest BCUT2D eigenvalue weighted by molar-refractivity contribution is 1.34. The Kier molecular flexibility index (Phi) is 0.802. The average Bonchev–Trinajstić information content (AvgIpc) is 2.17. The van der Waals surface area contributed by atoms with Gasteiger partial charge in [-0.25, -0.2) is 4.99 Å². The summed E-state index contributed by atoms with van der Waals surface area (Å²) in [6, 6.07) is 1.65. The lowest BCUT2D eigenvalue weighted by Crippen LogP contribution is -2.08. The lowest BCUT2D eigenvalue weighted by Gasteiger charge is -1.75. The van der Waals surface area contributed by atoms with Gasteiger partial charge in [0.15, 0.2) is 0 Å². The summed E-state index contributed by atoms with van der Waals surface area (Å²) in [6.45, 7) is 0. The fourth-order valence-corrected chi connectivity index (χ4v) is 0.338. The molecule has 0 radical (unpaired) electrons. The van der Waals surface area contributed by atoms with Crippen molar-refractivity contribution in [2.24, 2.45) is 10.7 Å². The topological polar surface area (TPSA) is 88.2 Å². The van der Waals surface area contributed by atoms with Crippen LogP contribution in [-0.4, -0.2) is 5.96 Å². The van der Waals surface area contributed by atoms with E-state index in [0.717, 1.165) is 0 Å². The second-order valence-corrected chi connectivity index (χ2v) is 1.48. The molecule has 0 aliphatic rings. The third kappa shape index (κ3) is 0.841. The molecule has 5 N–H and O–H groups in total. The molecule has 0 aromatic heterocycles. The van der Waals surface area contributed by atoms with E-state index >= 15 is 0 Å². The minimum Gasteiger partial charge on any atom is -0.397 e. The first kappa shape index (κ1) is 4.83. The SMILES string of the molecule is N=C(N)/N=c1/cc1N. The predicted molar refractivity (Wildman–Crippen MR) is 30.7 cm³/mol. The van der Waals surface area contributed by atoms with Crippen LogP contribution in [0.25, 0.3) is 0 Å². The summed E-state index contributed by atoms with van der Waals surface area (Å²) in [5.41, 5.74) is 10.7. The number of hydrogen-bond donors (Lipinski definition) is 3. The van der Waals surface area contributed by atoms with Crippen molar-refractivity contribution in [1.29, 1.82) is 5.41 Å². The van der Waals surface area contributed by atoms with E-state index in [1.807, 2.05) is 0 Å². The fraction of sp³-hybridized carbons (Fsp3) is 0. The predicted octanol–water partition coefficient (Wildman–Crippen LogP) is -1.06. The summed E-state index contributed by atoms with van der Waals surface area (Å²) in [5.74, 6) is -0.197. The van der Waals surface area contributed by atoms with Gasteiger partial charge < -0.3 is 11.5 Å². The van der Waals surface area contributed by atoms with E-state index in [4.69, 9.17) is 16.9 Å². The second kappa shape index (κ2) is 1.33. The number of anilines is 1. The molecule has 0 unspecified atom stereocenters. The van der Waals surface area contributed by atoms with E-state index in [-0.39, 0.29) is 5.96 Å². The van der Waals surface area contributed by atoms with Crippen LogP contribution in [0.1, 0.15) is 0 Å². The van der Waals surface area contributed by atoms with Crippen molar-refractivity contribution in [1.82, 2.24) is 0 Å². The quantitative estimate of drug-likeness (QED) is 0.293. The normalized spacial score (nSPS) is 12.8. The zero-order chi connectivity index (χ0) is 6.15. The number of nitrogen functional groups attached to an aromatic ring is 1. The zero-order valence-corrected chi connectivity index (χ0v) is 4.18. The van der Waals surface area contributed by atoms with Crippen molar-refractivity contribution in [3.63, 3.8) is 0 Å². The van der Waals surface area contributed by atoms with Crippen LogP contribution in [0.3, 0.4) is 0 Å². The molecule has 0 spiro atoms. The maximum Gasteiger partial charge on any atom is 0.213 e. The fourth-order valence-electron chi connectivity index (χ4n) is 0.338. The zero-order valence-electron chi connectivity index (χ0n) is 4.18. The molecule has 4 heteroatoms. The highest BCUT2D eigenvalue weighted by atomic mass is 15.0. The molecule has 4 nitrogen and oxygen atoms in total. The summed E-state index contributed by atoms with van der Waals surface area (Å²) in [6.07, 6.45) is 0. The molecule has 0 atom stereocenters. The molecule has 0 saturated carbocycles. The van der Waals surface area contributed by atoms with Crippen molar-refractivity contribution in [3.8, 4) is 0 Å². The van der Waals surface area contributed by atoms with Crippen LogP contribution in [-0.2, 0) is 0 Å². The van der Waals surface area contributed by atoms with Gasteiger partial charge in [-0.3, -0.25) is 5.41 Å². The van der Waals surface area contributed by atoms with Gasteiger partial charge in [-0.2, -0.15) is 0 Å². The largest absolute Gasteiger partial charge is 0.397 e. The Hall–Kier alpha value is -1.32. The molecular weight excluding hydrogens is 104 g/mol. The summed E-state index contributed by atoms with van der Waals surface area (Å²) >= 11 is 0. The van der Waals surface area contributed by atoms with Crippen molar-refractivity contribution < 1.29 is 0 Å². The highest BCUT2D eigenvalue weighted by Gasteiger charge is 1.97. The number of nitrogens with zero attached hydrogens (tertiary/aromatic N) is 1. The Morgan fingerprint density at radius 2 is 2.25 bits per heavy atom. The Bertz CT molecular complexity index is 227. The molecule has 1 rings (SSSR count). The smallest absolute Gasteiger partial charge is 0.213 e. The van der Waals surface area contributed by atoms with E-state index in [9.17, 15) is 0 Å². The Balaban J connectivity index is 2.77. The molecule has 1 aromatic carbocycles. The maximum atomic E-state index is 6.66. The maximum absolute atomic E-state index is 6.66. The second-order valence-electron chi connectivity index (χ2n) is 1.48. The molecule has 0 saturated heterocycles. The van der Waals surface area contributed by atoms with Crippen LogP contribution in [0, 0.1) is 5.41 Å². The van der Waals surface area contributed by atoms with Gasteiger partial charge in [0.1, 0.15) is 0 Å². The summed E-state index contributed by atoms with van der Waals surface area (Å²) in [4.78, 5) is 3.53. The van der Waals surface area contributed by atoms with Crippen LogP contribution in [0.2, 0.25) is 0 Å². The van der Waals surface area contributed by atoms with E-state index < -0.39 is 0 Å². The van der Waals surface area contributed by atoms with Crippen molar-refractivity contribution in [2.75, 3.05) is 5.73 Å². The van der Waals surface area contributed by atoms with Gasteiger partial charge in [-0.15, -0.1) is 0 Å². The van der Waals surface area contributed by atoms with E-state index in [1.54, 1.807) is 6.07 Å². The van der Waals surface area contributed by atoms with Crippen LogP contribution >= 0.6 is 0 Å². The van der Waals surface area contributed by atoms with Crippen LogP contribution in [0.5, 0.6) is 0 Å². The summed E-state index contributed by atoms with van der Waals surface area (Å²) in [5, 5.41) is 7.29. The van der Waals surface area contributed by atoms with Crippen molar-refractivity contribution >= 4 is 11.6 Å². The summed E-state index contributed by atoms with van der Waals surface area (Å²) < 4.78 is 0. The first-order valence-corrected chi connectivity index (χ1v) is 2.10. The number of nitrogens with one attached hydrogen (secondary N) is 1. The van der Waals surface area contributed by atoms with E-state index in [0.29, 0.717) is 11.0 Å². The minimum atomic E-state index is -0.197. The van der Waals surface area contributed by atoms with Crippen molar-refractivity contribution in [2.45, 2.75) is 0 Å². The van der Waals surface area contributed by atoms with Gasteiger partial charge in [0.2, 0.25) is 5.96 Å². The van der Waals surface area contributed by atoms with E-state index in [1.165, 1.54) is 0 Å². The Morgan fingerprint density at radius 3 is 2.38 bits per heavy atom. The number of rotatable bonds is 0. The first-order chi connectivity index (χ1) is 3.70. The molecule has 8 heavy (non-hydrogen) atoms. The summed E-state index contributed by atoms with van der Waals surface area (Å²) in [7, 11) is 0. The van der Waals surface area contributed by atoms with Gasteiger partial charge in [0.05, 0.1) is 11.0 Å². The minimum absolute atomic E-state index is 0.197. The van der Waals surface area contributed by atoms with Crippen LogP contribution < -0.4 is 16.8 Å². The average molecular weight is 110 g/mol. The highest BCUT2D eigenvalue weighted by Crippen LogP contribution is 1.93. The monoisotopic (exact) mass is 110 g/mol. The molecular formula is C4H6N4. The number of hydrogen-bond acceptors (Lipinski definition) is 2. The molecule has 0 aliphatic heterocycles. The Morgan fingerprint density at radius 1 is 1.75 bits per heavy atom. The third-order valence-electron chi connectivity index (χ3n) is 0.746. The van der Waals surface area contributed by atoms with Gasteiger partial charge in [0, 0.05) is 0 Å². The van der Waals surface area contributed by atoms with Crippen LogP contribution in [0.15, 0.2) is 11.1 Å². The first-order valence-electron chi connectivity index (χ1n) is 2.10. The standard InChI is InChI=1S/C4H6N4/c5-2-1-3(2)8-4(6)7/h1H,5H2,(H3,6,7)/b8-3-.